The molecule has 0 amide bonds. The average Bonchev–Trinajstić information content (AvgIpc) is 3.20. The van der Waals surface area contributed by atoms with Gasteiger partial charge in [-0.25, -0.2) is 4.99 Å². The fourth-order valence-electron chi connectivity index (χ4n) is 8.74. The zero-order chi connectivity index (χ0) is 36.6. The smallest absolute Gasteiger partial charge is 0.268 e. The average molecular weight is 728 g/mol. The monoisotopic (exact) mass is 727 g/mol. The number of nitrogens with two attached hydrogens (primary N) is 2. The van der Waals surface area contributed by atoms with E-state index in [1.165, 1.54) is 0 Å². The van der Waals surface area contributed by atoms with Gasteiger partial charge in [0.15, 0.2) is 5.96 Å². The van der Waals surface area contributed by atoms with Crippen molar-refractivity contribution in [2.75, 3.05) is 13.2 Å². The second-order valence-electron chi connectivity index (χ2n) is 14.4. The van der Waals surface area contributed by atoms with Gasteiger partial charge in [-0.1, -0.05) is 60.4 Å². The molecule has 10 rings (SSSR count). The summed E-state index contributed by atoms with van der Waals surface area (Å²) in [6.45, 7) is -0.245. The SMILES string of the molecule is NC(N)=N[C@@]1(CCCO)Oc2ccc(cc2)CC[C@@H](S(=O)(=O)O)[C@@H]2C=C3C[C@@H](C[C@@H]4O[C@H]3c3ccc(O)cc3C#CC[C@@H]4CO)[C@H]2c2ccc1cc2. The third kappa shape index (κ3) is 7.16. The highest BCUT2D eigenvalue weighted by Crippen LogP contribution is 2.54. The van der Waals surface area contributed by atoms with E-state index >= 15 is 0 Å². The van der Waals surface area contributed by atoms with Gasteiger partial charge in [0.25, 0.3) is 10.1 Å². The molecule has 0 spiro atoms. The van der Waals surface area contributed by atoms with Crippen LogP contribution in [0.1, 0.15) is 78.4 Å². The molecule has 3 aromatic rings. The van der Waals surface area contributed by atoms with E-state index in [1.54, 1.807) is 30.3 Å². The number of guanidine groups is 1. The number of benzene rings is 3. The maximum absolute atomic E-state index is 13.5. The molecule has 0 unspecified atom stereocenters. The van der Waals surface area contributed by atoms with Crippen LogP contribution in [0.2, 0.25) is 0 Å². The zero-order valence-corrected chi connectivity index (χ0v) is 29.6. The lowest BCUT2D eigenvalue weighted by Gasteiger charge is -2.41. The van der Waals surface area contributed by atoms with Crippen LogP contribution in [0.3, 0.4) is 0 Å². The number of aliphatic imine (C=N–C) groups is 1. The number of phenols is 1. The molecule has 7 aliphatic rings. The summed E-state index contributed by atoms with van der Waals surface area (Å²) >= 11 is 0. The van der Waals surface area contributed by atoms with Crippen LogP contribution in [0.4, 0.5) is 0 Å². The standard InChI is InChI=1S/C40H45N3O8S/c41-39(42)43-40(17-2-18-44)30-10-8-25(9-11-30)37-28-19-29(21-34(37)36(52(47,48)49)16-7-24-5-13-32(51-40)14-6-24)38-33-15-12-31(46)20-26(33)3-1-4-27(23-45)35(22-28)50-38/h5-6,8-15,20-21,27-28,34-38,44-46H,2,4,7,16-19,22-23H2,(H4,41,42,43)(H,47,48,49)/t27-,28+,34+,35+,36-,37-,38-,40+/m1/s1. The van der Waals surface area contributed by atoms with E-state index in [0.717, 1.165) is 22.3 Å². The summed E-state index contributed by atoms with van der Waals surface area (Å²) in [4.78, 5) is 4.58. The number of ether oxygens (including phenoxy) is 2. The highest BCUT2D eigenvalue weighted by Gasteiger charge is 2.48. The molecule has 0 aromatic heterocycles. The Morgan fingerprint density at radius 2 is 1.81 bits per heavy atom. The third-order valence-electron chi connectivity index (χ3n) is 11.1. The number of rotatable bonds is 6. The van der Waals surface area contributed by atoms with Gasteiger partial charge in [-0.05, 0) is 84.9 Å². The van der Waals surface area contributed by atoms with Crippen molar-refractivity contribution in [1.29, 1.82) is 0 Å². The fraction of sp³-hybridized carbons (Fsp3) is 0.425. The summed E-state index contributed by atoms with van der Waals surface area (Å²) in [6, 6.07) is 19.9. The van der Waals surface area contributed by atoms with Gasteiger partial charge in [-0.15, -0.1) is 0 Å². The predicted octanol–water partition coefficient (Wildman–Crippen LogP) is 4.41. The summed E-state index contributed by atoms with van der Waals surface area (Å²) in [7, 11) is -4.56. The van der Waals surface area contributed by atoms with Gasteiger partial charge in [0, 0.05) is 54.6 Å². The van der Waals surface area contributed by atoms with Crippen LogP contribution in [-0.4, -0.2) is 58.8 Å². The highest BCUT2D eigenvalue weighted by molar-refractivity contribution is 7.86. The first-order valence-electron chi connectivity index (χ1n) is 17.8. The van der Waals surface area contributed by atoms with Crippen molar-refractivity contribution in [2.45, 2.75) is 74.0 Å². The van der Waals surface area contributed by atoms with Crippen LogP contribution >= 0.6 is 0 Å². The second-order valence-corrected chi connectivity index (χ2v) is 16.1. The number of phenolic OH excluding ortho intramolecular Hbond substituents is 1. The van der Waals surface area contributed by atoms with Gasteiger partial charge < -0.3 is 36.3 Å². The van der Waals surface area contributed by atoms with Gasteiger partial charge >= 0.3 is 0 Å². The Kier molecular flexibility index (Phi) is 10.1. The van der Waals surface area contributed by atoms with Crippen LogP contribution in [0.25, 0.3) is 0 Å². The molecule has 0 radical (unpaired) electrons. The predicted molar refractivity (Wildman–Crippen MR) is 196 cm³/mol. The molecule has 1 aliphatic carbocycles. The normalized spacial score (nSPS) is 29.4. The summed E-state index contributed by atoms with van der Waals surface area (Å²) in [5.41, 5.74) is 15.2. The van der Waals surface area contributed by atoms with E-state index in [1.807, 2.05) is 42.5 Å². The van der Waals surface area contributed by atoms with Crippen molar-refractivity contribution in [2.24, 2.45) is 34.2 Å². The van der Waals surface area contributed by atoms with Crippen molar-refractivity contribution >= 4 is 16.1 Å². The molecule has 6 aliphatic heterocycles. The van der Waals surface area contributed by atoms with Gasteiger partial charge in [0.1, 0.15) is 17.6 Å². The Bertz CT molecular complexity index is 2020. The van der Waals surface area contributed by atoms with E-state index in [2.05, 4.69) is 16.8 Å². The largest absolute Gasteiger partial charge is 0.508 e. The summed E-state index contributed by atoms with van der Waals surface area (Å²) < 4.78 is 51.4. The number of hydrogen-bond acceptors (Lipinski definition) is 8. The van der Waals surface area contributed by atoms with Crippen molar-refractivity contribution in [1.82, 2.24) is 0 Å². The van der Waals surface area contributed by atoms with Crippen molar-refractivity contribution in [3.05, 3.63) is 106 Å². The summed E-state index contributed by atoms with van der Waals surface area (Å²) in [6.07, 6.45) is 3.65. The van der Waals surface area contributed by atoms with E-state index < -0.39 is 39.2 Å². The van der Waals surface area contributed by atoms with Crippen LogP contribution in [0.15, 0.2) is 83.4 Å². The molecule has 274 valence electrons. The minimum atomic E-state index is -4.56. The minimum Gasteiger partial charge on any atom is -0.508 e. The first kappa shape index (κ1) is 36.0. The van der Waals surface area contributed by atoms with Gasteiger partial charge in [0.05, 0.1) is 11.4 Å². The van der Waals surface area contributed by atoms with E-state index in [9.17, 15) is 28.3 Å². The van der Waals surface area contributed by atoms with Crippen LogP contribution in [-0.2, 0) is 27.0 Å². The quantitative estimate of drug-likeness (QED) is 0.0696. The molecule has 8 bridgehead atoms. The molecule has 52 heavy (non-hydrogen) atoms. The molecule has 11 nitrogen and oxygen atoms in total. The summed E-state index contributed by atoms with van der Waals surface area (Å²) in [5.74, 6) is 5.34. The molecule has 8 atom stereocenters. The molecule has 8 N–H and O–H groups in total. The van der Waals surface area contributed by atoms with Crippen LogP contribution < -0.4 is 16.2 Å². The van der Waals surface area contributed by atoms with Crippen molar-refractivity contribution in [3.63, 3.8) is 0 Å². The third-order valence-corrected chi connectivity index (χ3v) is 12.5. The number of aliphatic hydroxyl groups is 2. The molecule has 3 aromatic carbocycles. The van der Waals surface area contributed by atoms with Gasteiger partial charge in [-0.3, -0.25) is 4.55 Å². The Labute approximate surface area is 304 Å². The molecular weight excluding hydrogens is 683 g/mol. The fourth-order valence-corrected chi connectivity index (χ4v) is 9.80. The van der Waals surface area contributed by atoms with Crippen LogP contribution in [0, 0.1) is 29.6 Å². The van der Waals surface area contributed by atoms with E-state index in [-0.39, 0.29) is 55.5 Å². The molecule has 1 fully saturated rings. The number of fused-ring (bicyclic) bond motifs is 7. The maximum Gasteiger partial charge on any atom is 0.268 e. The first-order chi connectivity index (χ1) is 25.0. The van der Waals surface area contributed by atoms with Gasteiger partial charge in [-0.2, -0.15) is 8.42 Å². The second kappa shape index (κ2) is 14.6. The number of hydrogen-bond donors (Lipinski definition) is 6. The molecule has 6 heterocycles. The maximum atomic E-state index is 13.5. The molecule has 0 saturated carbocycles. The van der Waals surface area contributed by atoms with Crippen LogP contribution in [0.5, 0.6) is 11.5 Å². The zero-order valence-electron chi connectivity index (χ0n) is 28.8. The van der Waals surface area contributed by atoms with Crippen molar-refractivity contribution < 1.29 is 37.8 Å². The molecule has 1 saturated heterocycles. The van der Waals surface area contributed by atoms with Gasteiger partial charge in [0.2, 0.25) is 5.72 Å². The Balaban J connectivity index is 1.43. The Hall–Kier alpha value is -4.38. The number of allylic oxidation sites excluding steroid dienone is 1. The summed E-state index contributed by atoms with van der Waals surface area (Å²) in [5, 5.41) is 29.6. The number of aliphatic hydroxyl groups excluding tert-OH is 2. The lowest BCUT2D eigenvalue weighted by Crippen LogP contribution is -2.39. The van der Waals surface area contributed by atoms with E-state index in [0.29, 0.717) is 49.0 Å². The highest BCUT2D eigenvalue weighted by atomic mass is 32.2. The lowest BCUT2D eigenvalue weighted by molar-refractivity contribution is -0.0416. The number of aromatic hydroxyl groups is 1. The number of aryl methyl sites for hydroxylation is 1. The molecule has 12 heteroatoms. The first-order valence-corrected chi connectivity index (χ1v) is 19.3. The topological polar surface area (TPSA) is 198 Å². The van der Waals surface area contributed by atoms with E-state index in [4.69, 9.17) is 20.9 Å². The minimum absolute atomic E-state index is 0.0714. The Morgan fingerprint density at radius 3 is 2.50 bits per heavy atom. The Morgan fingerprint density at radius 1 is 1.04 bits per heavy atom. The number of nitrogens with zero attached hydrogens (tertiary/aromatic N) is 1. The van der Waals surface area contributed by atoms with Crippen molar-refractivity contribution in [3.8, 4) is 23.3 Å². The lowest BCUT2D eigenvalue weighted by atomic mass is 9.65. The molecular formula is C40H45N3O8S.